The summed E-state index contributed by atoms with van der Waals surface area (Å²) in [5, 5.41) is 10.7. The lowest BCUT2D eigenvalue weighted by molar-refractivity contribution is -0.385. The lowest BCUT2D eigenvalue weighted by atomic mass is 10.1. The van der Waals surface area contributed by atoms with Crippen LogP contribution in [-0.4, -0.2) is 16.5 Å². The summed E-state index contributed by atoms with van der Waals surface area (Å²) in [5.41, 5.74) is 5.93. The molecule has 0 aliphatic carbocycles. The van der Waals surface area contributed by atoms with E-state index in [1.165, 1.54) is 12.3 Å². The first kappa shape index (κ1) is 10.8. The minimum absolute atomic E-state index is 0.0881. The maximum absolute atomic E-state index is 10.7. The largest absolute Gasteiger partial charge is 0.326 e. The van der Waals surface area contributed by atoms with Crippen LogP contribution in [0.3, 0.4) is 0 Å². The van der Waals surface area contributed by atoms with E-state index in [1.54, 1.807) is 0 Å². The Hall–Kier alpha value is -1.27. The first-order valence-corrected chi connectivity index (χ1v) is 4.53. The molecule has 0 aromatic carbocycles. The minimum Gasteiger partial charge on any atom is -0.326 e. The molecule has 0 aliphatic heterocycles. The third-order valence-electron chi connectivity index (χ3n) is 1.61. The molecule has 0 aliphatic rings. The van der Waals surface area contributed by atoms with Crippen LogP contribution in [0.1, 0.15) is 5.69 Å². The summed E-state index contributed by atoms with van der Waals surface area (Å²) < 4.78 is 0.553. The molecule has 2 N–H and O–H groups in total. The van der Waals surface area contributed by atoms with E-state index in [0.29, 0.717) is 10.0 Å². The average molecular weight is 258 g/mol. The predicted octanol–water partition coefficient (Wildman–Crippen LogP) is 1.72. The fourth-order valence-corrected chi connectivity index (χ4v) is 1.26. The highest BCUT2D eigenvalue weighted by Crippen LogP contribution is 2.25. The highest BCUT2D eigenvalue weighted by Gasteiger charge is 2.17. The van der Waals surface area contributed by atoms with Crippen molar-refractivity contribution in [3.8, 4) is 0 Å². The summed E-state index contributed by atoms with van der Waals surface area (Å²) in [6, 6.07) is 1.38. The first-order valence-electron chi connectivity index (χ1n) is 3.74. The van der Waals surface area contributed by atoms with E-state index in [9.17, 15) is 10.1 Å². The lowest BCUT2D eigenvalue weighted by Crippen LogP contribution is -2.05. The van der Waals surface area contributed by atoms with Gasteiger partial charge in [0.2, 0.25) is 0 Å². The van der Waals surface area contributed by atoms with Gasteiger partial charge in [-0.15, -0.1) is 0 Å². The van der Waals surface area contributed by atoms with E-state index in [-0.39, 0.29) is 17.9 Å². The Morgan fingerprint density at radius 2 is 2.43 bits per heavy atom. The number of aromatic nitrogens is 1. The Balaban J connectivity index is 3.28. The molecule has 0 saturated carbocycles. The minimum atomic E-state index is -0.506. The standard InChI is InChI=1S/C8H8BrN3O2/c1-5(3-10)8-7(12(13)14)2-6(9)4-11-8/h2,4H,1,3,10H2. The fraction of sp³-hybridized carbons (Fsp3) is 0.125. The summed E-state index contributed by atoms with van der Waals surface area (Å²) in [4.78, 5) is 14.1. The fourth-order valence-electron chi connectivity index (χ4n) is 0.937. The molecule has 0 spiro atoms. The monoisotopic (exact) mass is 257 g/mol. The van der Waals surface area contributed by atoms with Gasteiger partial charge in [-0.05, 0) is 21.5 Å². The van der Waals surface area contributed by atoms with Crippen LogP contribution in [0.15, 0.2) is 23.3 Å². The van der Waals surface area contributed by atoms with Crippen LogP contribution >= 0.6 is 15.9 Å². The van der Waals surface area contributed by atoms with Crippen molar-refractivity contribution in [2.75, 3.05) is 6.54 Å². The van der Waals surface area contributed by atoms with Gasteiger partial charge >= 0.3 is 0 Å². The molecule has 0 bridgehead atoms. The number of halogens is 1. The van der Waals surface area contributed by atoms with Crippen LogP contribution in [0.25, 0.3) is 5.57 Å². The maximum atomic E-state index is 10.7. The number of hydrogen-bond donors (Lipinski definition) is 1. The van der Waals surface area contributed by atoms with E-state index in [4.69, 9.17) is 5.73 Å². The third-order valence-corrected chi connectivity index (χ3v) is 2.05. The molecular weight excluding hydrogens is 250 g/mol. The van der Waals surface area contributed by atoms with Gasteiger partial charge in [0.25, 0.3) is 5.69 Å². The van der Waals surface area contributed by atoms with Crippen LogP contribution in [0.2, 0.25) is 0 Å². The highest BCUT2D eigenvalue weighted by atomic mass is 79.9. The highest BCUT2D eigenvalue weighted by molar-refractivity contribution is 9.10. The first-order chi connectivity index (χ1) is 6.56. The zero-order valence-corrected chi connectivity index (χ0v) is 8.82. The smallest absolute Gasteiger partial charge is 0.296 e. The molecule has 0 amide bonds. The molecule has 1 aromatic rings. The van der Waals surface area contributed by atoms with Crippen molar-refractivity contribution in [2.45, 2.75) is 0 Å². The number of hydrogen-bond acceptors (Lipinski definition) is 4. The summed E-state index contributed by atoms with van der Waals surface area (Å²) >= 11 is 3.11. The van der Waals surface area contributed by atoms with Crippen LogP contribution in [0.4, 0.5) is 5.69 Å². The van der Waals surface area contributed by atoms with Gasteiger partial charge in [0, 0.05) is 23.3 Å². The van der Waals surface area contributed by atoms with Crippen molar-refractivity contribution < 1.29 is 4.92 Å². The second kappa shape index (κ2) is 4.30. The van der Waals surface area contributed by atoms with E-state index in [0.717, 1.165) is 0 Å². The second-order valence-electron chi connectivity index (χ2n) is 2.59. The quantitative estimate of drug-likeness (QED) is 0.661. The van der Waals surface area contributed by atoms with Crippen LogP contribution in [-0.2, 0) is 0 Å². The van der Waals surface area contributed by atoms with Gasteiger partial charge < -0.3 is 5.73 Å². The summed E-state index contributed by atoms with van der Waals surface area (Å²) in [5.74, 6) is 0. The average Bonchev–Trinajstić information content (AvgIpc) is 2.16. The molecule has 0 saturated heterocycles. The summed E-state index contributed by atoms with van der Waals surface area (Å²) in [7, 11) is 0. The Bertz CT molecular complexity index is 392. The predicted molar refractivity (Wildman–Crippen MR) is 56.7 cm³/mol. The zero-order chi connectivity index (χ0) is 10.7. The van der Waals surface area contributed by atoms with Gasteiger partial charge in [-0.2, -0.15) is 0 Å². The molecule has 5 nitrogen and oxygen atoms in total. The molecule has 6 heteroatoms. The van der Waals surface area contributed by atoms with Crippen molar-refractivity contribution in [2.24, 2.45) is 5.73 Å². The van der Waals surface area contributed by atoms with E-state index in [1.807, 2.05) is 0 Å². The Morgan fingerprint density at radius 1 is 1.79 bits per heavy atom. The van der Waals surface area contributed by atoms with Gasteiger partial charge in [0.1, 0.15) is 5.69 Å². The normalized spacial score (nSPS) is 9.86. The molecule has 1 heterocycles. The molecule has 0 fully saturated rings. The van der Waals surface area contributed by atoms with Crippen molar-refractivity contribution in [3.63, 3.8) is 0 Å². The molecule has 0 radical (unpaired) electrons. The van der Waals surface area contributed by atoms with E-state index in [2.05, 4.69) is 27.5 Å². The van der Waals surface area contributed by atoms with E-state index < -0.39 is 4.92 Å². The summed E-state index contributed by atoms with van der Waals surface area (Å²) in [6.45, 7) is 3.76. The maximum Gasteiger partial charge on any atom is 0.296 e. The van der Waals surface area contributed by atoms with Crippen molar-refractivity contribution in [1.82, 2.24) is 4.98 Å². The number of nitro groups is 1. The molecule has 14 heavy (non-hydrogen) atoms. The molecular formula is C8H8BrN3O2. The SMILES string of the molecule is C=C(CN)c1ncc(Br)cc1[N+](=O)[O-]. The zero-order valence-electron chi connectivity index (χ0n) is 7.24. The van der Waals surface area contributed by atoms with Crippen LogP contribution < -0.4 is 5.73 Å². The van der Waals surface area contributed by atoms with Crippen LogP contribution in [0, 0.1) is 10.1 Å². The van der Waals surface area contributed by atoms with E-state index >= 15 is 0 Å². The van der Waals surface area contributed by atoms with Gasteiger partial charge in [-0.3, -0.25) is 10.1 Å². The van der Waals surface area contributed by atoms with Gasteiger partial charge in [0.15, 0.2) is 0 Å². The number of rotatable bonds is 3. The summed E-state index contributed by atoms with van der Waals surface area (Å²) in [6.07, 6.45) is 1.48. The van der Waals surface area contributed by atoms with Crippen LogP contribution in [0.5, 0.6) is 0 Å². The second-order valence-corrected chi connectivity index (χ2v) is 3.50. The Morgan fingerprint density at radius 3 is 2.93 bits per heavy atom. The molecule has 74 valence electrons. The molecule has 0 atom stereocenters. The van der Waals surface area contributed by atoms with Crippen molar-refractivity contribution >= 4 is 27.2 Å². The van der Waals surface area contributed by atoms with Gasteiger partial charge in [0.05, 0.1) is 4.92 Å². The lowest BCUT2D eigenvalue weighted by Gasteiger charge is -2.02. The topological polar surface area (TPSA) is 82.0 Å². The Kier molecular flexibility index (Phi) is 3.32. The van der Waals surface area contributed by atoms with Crippen molar-refractivity contribution in [1.29, 1.82) is 0 Å². The number of nitrogens with zero attached hydrogens (tertiary/aromatic N) is 2. The van der Waals surface area contributed by atoms with Gasteiger partial charge in [-0.25, -0.2) is 4.98 Å². The third kappa shape index (κ3) is 2.15. The van der Waals surface area contributed by atoms with Crippen molar-refractivity contribution in [3.05, 3.63) is 39.1 Å². The Labute approximate surface area is 88.9 Å². The number of pyridine rings is 1. The molecule has 0 unspecified atom stereocenters. The molecule has 1 rings (SSSR count). The molecule has 1 aromatic heterocycles. The van der Waals surface area contributed by atoms with Gasteiger partial charge in [-0.1, -0.05) is 6.58 Å². The number of nitrogens with two attached hydrogens (primary N) is 1.